The molecule has 2 heterocycles. The van der Waals surface area contributed by atoms with E-state index in [1.54, 1.807) is 0 Å². The van der Waals surface area contributed by atoms with Gasteiger partial charge in [0.15, 0.2) is 5.67 Å². The number of hydrogen-bond acceptors (Lipinski definition) is 3. The standard InChI is InChI=1S/C15H27FO3/c1-13(2,3)8-15(16)9-18-11-10(7-17-12(11)15)19-14(4,5)6/h10-12H,7-9H2,1-6H3/t10-,11-,12+,15?/m1/s1. The van der Waals surface area contributed by atoms with Gasteiger partial charge < -0.3 is 14.2 Å². The Morgan fingerprint density at radius 1 is 1.16 bits per heavy atom. The highest BCUT2D eigenvalue weighted by Crippen LogP contribution is 2.44. The molecule has 0 saturated carbocycles. The Kier molecular flexibility index (Phi) is 3.74. The van der Waals surface area contributed by atoms with Gasteiger partial charge in [-0.15, -0.1) is 0 Å². The van der Waals surface area contributed by atoms with Gasteiger partial charge in [-0.05, 0) is 32.6 Å². The van der Waals surface area contributed by atoms with E-state index in [1.165, 1.54) is 0 Å². The van der Waals surface area contributed by atoms with Gasteiger partial charge in [0, 0.05) is 0 Å². The molecule has 19 heavy (non-hydrogen) atoms. The zero-order valence-corrected chi connectivity index (χ0v) is 13.0. The number of fused-ring (bicyclic) bond motifs is 1. The van der Waals surface area contributed by atoms with Gasteiger partial charge in [0.25, 0.3) is 0 Å². The molecule has 0 aliphatic carbocycles. The number of rotatable bonds is 2. The molecule has 0 amide bonds. The van der Waals surface area contributed by atoms with E-state index in [0.29, 0.717) is 13.0 Å². The summed E-state index contributed by atoms with van der Waals surface area (Å²) in [5.41, 5.74) is -1.74. The largest absolute Gasteiger partial charge is 0.369 e. The first-order valence-corrected chi connectivity index (χ1v) is 7.10. The molecule has 2 saturated heterocycles. The normalized spacial score (nSPS) is 39.6. The van der Waals surface area contributed by atoms with Crippen LogP contribution >= 0.6 is 0 Å². The summed E-state index contributed by atoms with van der Waals surface area (Å²) in [6.45, 7) is 12.6. The third-order valence-electron chi connectivity index (χ3n) is 3.46. The van der Waals surface area contributed by atoms with Crippen LogP contribution in [0.5, 0.6) is 0 Å². The van der Waals surface area contributed by atoms with E-state index >= 15 is 4.39 Å². The van der Waals surface area contributed by atoms with Crippen LogP contribution in [0.1, 0.15) is 48.0 Å². The predicted molar refractivity (Wildman–Crippen MR) is 72.0 cm³/mol. The second-order valence-corrected chi connectivity index (χ2v) is 8.07. The lowest BCUT2D eigenvalue weighted by atomic mass is 9.80. The Morgan fingerprint density at radius 3 is 2.32 bits per heavy atom. The second-order valence-electron chi connectivity index (χ2n) is 8.07. The van der Waals surface area contributed by atoms with Crippen LogP contribution in [0, 0.1) is 5.41 Å². The molecule has 2 aliphatic heterocycles. The van der Waals surface area contributed by atoms with Gasteiger partial charge in [-0.3, -0.25) is 0 Å². The highest BCUT2D eigenvalue weighted by Gasteiger charge is 2.59. The Balaban J connectivity index is 2.05. The summed E-state index contributed by atoms with van der Waals surface area (Å²) in [6.07, 6.45) is -0.475. The lowest BCUT2D eigenvalue weighted by Crippen LogP contribution is -2.43. The highest BCUT2D eigenvalue weighted by molar-refractivity contribution is 5.06. The van der Waals surface area contributed by atoms with Crippen molar-refractivity contribution in [1.29, 1.82) is 0 Å². The Morgan fingerprint density at radius 2 is 1.79 bits per heavy atom. The first kappa shape index (κ1) is 15.2. The van der Waals surface area contributed by atoms with Crippen molar-refractivity contribution < 1.29 is 18.6 Å². The highest BCUT2D eigenvalue weighted by atomic mass is 19.1. The first-order chi connectivity index (χ1) is 8.50. The molecule has 1 unspecified atom stereocenters. The number of ether oxygens (including phenoxy) is 3. The van der Waals surface area contributed by atoms with Gasteiger partial charge in [0.2, 0.25) is 0 Å². The molecule has 0 aromatic heterocycles. The Hall–Kier alpha value is -0.190. The van der Waals surface area contributed by atoms with Crippen molar-refractivity contribution in [3.63, 3.8) is 0 Å². The SMILES string of the molecule is CC(C)(C)CC1(F)CO[C@@H]2[C@H](OC(C)(C)C)CO[C@@H]21. The summed E-state index contributed by atoms with van der Waals surface area (Å²) in [6, 6.07) is 0. The molecule has 0 spiro atoms. The van der Waals surface area contributed by atoms with E-state index in [2.05, 4.69) is 0 Å². The van der Waals surface area contributed by atoms with E-state index in [-0.39, 0.29) is 29.8 Å². The van der Waals surface area contributed by atoms with Gasteiger partial charge in [0.05, 0.1) is 18.8 Å². The quantitative estimate of drug-likeness (QED) is 0.774. The number of alkyl halides is 1. The van der Waals surface area contributed by atoms with E-state index in [9.17, 15) is 0 Å². The maximum Gasteiger partial charge on any atom is 0.163 e. The molecule has 2 rings (SSSR count). The van der Waals surface area contributed by atoms with Crippen LogP contribution in [-0.4, -0.2) is 42.8 Å². The van der Waals surface area contributed by atoms with Crippen LogP contribution in [0.25, 0.3) is 0 Å². The fraction of sp³-hybridized carbons (Fsp3) is 1.00. The molecule has 4 atom stereocenters. The van der Waals surface area contributed by atoms with Crippen molar-refractivity contribution in [3.8, 4) is 0 Å². The van der Waals surface area contributed by atoms with Gasteiger partial charge in [-0.1, -0.05) is 20.8 Å². The zero-order chi connectivity index (χ0) is 14.5. The lowest BCUT2D eigenvalue weighted by molar-refractivity contribution is -0.106. The molecule has 0 N–H and O–H groups in total. The summed E-state index contributed by atoms with van der Waals surface area (Å²) in [5, 5.41) is 0. The van der Waals surface area contributed by atoms with Crippen LogP contribution in [0.4, 0.5) is 4.39 Å². The summed E-state index contributed by atoms with van der Waals surface area (Å²) in [4.78, 5) is 0. The first-order valence-electron chi connectivity index (χ1n) is 7.10. The molecular formula is C15H27FO3. The van der Waals surface area contributed by atoms with E-state index < -0.39 is 11.8 Å². The average Bonchev–Trinajstić information content (AvgIpc) is 2.65. The van der Waals surface area contributed by atoms with Gasteiger partial charge in [-0.25, -0.2) is 4.39 Å². The minimum absolute atomic E-state index is 0.0840. The third-order valence-corrected chi connectivity index (χ3v) is 3.46. The van der Waals surface area contributed by atoms with Crippen molar-refractivity contribution in [2.45, 2.75) is 77.5 Å². The Labute approximate surface area is 115 Å². The van der Waals surface area contributed by atoms with Crippen LogP contribution < -0.4 is 0 Å². The molecule has 2 fully saturated rings. The predicted octanol–water partition coefficient (Wildman–Crippen LogP) is 3.11. The average molecular weight is 274 g/mol. The molecule has 0 aromatic rings. The van der Waals surface area contributed by atoms with Crippen LogP contribution in [0.3, 0.4) is 0 Å². The second kappa shape index (κ2) is 4.68. The fourth-order valence-electron chi connectivity index (χ4n) is 3.13. The van der Waals surface area contributed by atoms with E-state index in [4.69, 9.17) is 14.2 Å². The van der Waals surface area contributed by atoms with Gasteiger partial charge in [0.1, 0.15) is 18.3 Å². The van der Waals surface area contributed by atoms with Crippen LogP contribution in [0.15, 0.2) is 0 Å². The maximum atomic E-state index is 15.1. The summed E-state index contributed by atoms with van der Waals surface area (Å²) < 4.78 is 32.3. The van der Waals surface area contributed by atoms with Crippen molar-refractivity contribution in [2.75, 3.05) is 13.2 Å². The van der Waals surface area contributed by atoms with E-state index in [0.717, 1.165) is 0 Å². The van der Waals surface area contributed by atoms with Gasteiger partial charge >= 0.3 is 0 Å². The fourth-order valence-corrected chi connectivity index (χ4v) is 3.13. The molecular weight excluding hydrogens is 247 g/mol. The summed E-state index contributed by atoms with van der Waals surface area (Å²) >= 11 is 0. The zero-order valence-electron chi connectivity index (χ0n) is 13.0. The minimum atomic E-state index is -1.39. The third kappa shape index (κ3) is 3.47. The molecule has 2 aliphatic rings. The van der Waals surface area contributed by atoms with Crippen molar-refractivity contribution >= 4 is 0 Å². The van der Waals surface area contributed by atoms with E-state index in [1.807, 2.05) is 41.5 Å². The molecule has 3 nitrogen and oxygen atoms in total. The minimum Gasteiger partial charge on any atom is -0.369 e. The molecule has 112 valence electrons. The molecule has 4 heteroatoms. The monoisotopic (exact) mass is 274 g/mol. The van der Waals surface area contributed by atoms with Crippen LogP contribution in [-0.2, 0) is 14.2 Å². The molecule has 0 radical (unpaired) electrons. The van der Waals surface area contributed by atoms with Crippen molar-refractivity contribution in [2.24, 2.45) is 5.41 Å². The lowest BCUT2D eigenvalue weighted by Gasteiger charge is -2.31. The Bertz CT molecular complexity index is 331. The molecule has 0 aromatic carbocycles. The topological polar surface area (TPSA) is 27.7 Å². The number of hydrogen-bond donors (Lipinski definition) is 0. The van der Waals surface area contributed by atoms with Gasteiger partial charge in [-0.2, -0.15) is 0 Å². The summed E-state index contributed by atoms with van der Waals surface area (Å²) in [5.74, 6) is 0. The van der Waals surface area contributed by atoms with Crippen LogP contribution in [0.2, 0.25) is 0 Å². The summed E-state index contributed by atoms with van der Waals surface area (Å²) in [7, 11) is 0. The molecule has 0 bridgehead atoms. The van der Waals surface area contributed by atoms with Crippen molar-refractivity contribution in [1.82, 2.24) is 0 Å². The van der Waals surface area contributed by atoms with Crippen molar-refractivity contribution in [3.05, 3.63) is 0 Å². The number of halogens is 1. The smallest absolute Gasteiger partial charge is 0.163 e. The maximum absolute atomic E-state index is 15.1.